The number of nitro benzene ring substituents is 4. The average molecular weight is 1210 g/mol. The number of nitrogens with one attached hydrogen (secondary N) is 2. The zero-order chi connectivity index (χ0) is 63.2. The van der Waals surface area contributed by atoms with Crippen LogP contribution in [-0.4, -0.2) is 64.5 Å². The second-order valence-electron chi connectivity index (χ2n) is 21.1. The van der Waals surface area contributed by atoms with Gasteiger partial charge in [0.2, 0.25) is 0 Å². The smallest absolute Gasteiger partial charge is 0.269 e. The number of fused-ring (bicyclic) bond motifs is 8. The Morgan fingerprint density at radius 2 is 0.467 bits per heavy atom. The maximum atomic E-state index is 11.3. The molecule has 8 bridgehead atoms. The zero-order valence-corrected chi connectivity index (χ0v) is 48.1. The Morgan fingerprint density at radius 1 is 0.272 bits per heavy atom. The van der Waals surface area contributed by atoms with Gasteiger partial charge in [-0.25, -0.2) is 9.97 Å². The number of benzene rings is 8. The highest BCUT2D eigenvalue weighted by Gasteiger charge is 2.20. The molecule has 0 radical (unpaired) electrons. The van der Waals surface area contributed by atoms with Gasteiger partial charge in [0.05, 0.1) is 65.2 Å². The van der Waals surface area contributed by atoms with Gasteiger partial charge in [-0.3, -0.25) is 60.4 Å². The number of nitrogens with zero attached hydrogens (tertiary/aromatic N) is 10. The first-order valence-electron chi connectivity index (χ1n) is 28.5. The quantitative estimate of drug-likeness (QED) is 0.0524. The lowest BCUT2D eigenvalue weighted by Gasteiger charge is -2.08. The fourth-order valence-corrected chi connectivity index (χ4v) is 10.6. The number of non-ortho nitro benzene ring substituents is 4. The summed E-state index contributed by atoms with van der Waals surface area (Å²) in [6.45, 7) is 0. The maximum absolute atomic E-state index is 11.3. The molecule has 11 aromatic rings. The Bertz CT molecular complexity index is 4460. The summed E-state index contributed by atoms with van der Waals surface area (Å²) in [5, 5.41) is 45.3. The Hall–Kier alpha value is -13.4. The van der Waals surface area contributed by atoms with Gasteiger partial charge in [0.15, 0.2) is 0 Å². The fourth-order valence-electron chi connectivity index (χ4n) is 10.6. The minimum absolute atomic E-state index is 0.0146. The van der Waals surface area contributed by atoms with E-state index in [4.69, 9.17) is 29.9 Å². The normalized spacial score (nSPS) is 12.0. The van der Waals surface area contributed by atoms with Crippen molar-refractivity contribution in [2.24, 2.45) is 20.0 Å². The summed E-state index contributed by atoms with van der Waals surface area (Å²) >= 11 is 0. The summed E-state index contributed by atoms with van der Waals surface area (Å²) in [4.78, 5) is 80.8. The molecule has 0 saturated carbocycles. The van der Waals surface area contributed by atoms with Crippen molar-refractivity contribution in [2.75, 3.05) is 0 Å². The lowest BCUT2D eigenvalue weighted by molar-refractivity contribution is -0.385. The lowest BCUT2D eigenvalue weighted by Crippen LogP contribution is -1.90. The van der Waals surface area contributed by atoms with Crippen molar-refractivity contribution >= 4 is 117 Å². The van der Waals surface area contributed by atoms with Crippen molar-refractivity contribution in [3.05, 3.63) is 304 Å². The van der Waals surface area contributed by atoms with Crippen LogP contribution < -0.4 is 0 Å². The third-order valence-electron chi connectivity index (χ3n) is 15.2. The van der Waals surface area contributed by atoms with Crippen molar-refractivity contribution in [3.8, 4) is 44.5 Å². The van der Waals surface area contributed by atoms with Gasteiger partial charge in [-0.05, 0) is 190 Å². The van der Waals surface area contributed by atoms with Crippen LogP contribution in [0.4, 0.5) is 45.5 Å². The van der Waals surface area contributed by atoms with Gasteiger partial charge in [-0.15, -0.1) is 0 Å². The molecule has 8 aromatic carbocycles. The minimum Gasteiger partial charge on any atom is -0.354 e. The van der Waals surface area contributed by atoms with Crippen molar-refractivity contribution < 1.29 is 19.7 Å². The Kier molecular flexibility index (Phi) is 15.8. The molecule has 0 atom stereocenters. The van der Waals surface area contributed by atoms with Crippen molar-refractivity contribution in [1.29, 1.82) is 0 Å². The van der Waals surface area contributed by atoms with Crippen LogP contribution in [-0.2, 0) is 0 Å². The van der Waals surface area contributed by atoms with E-state index in [2.05, 4.69) is 9.97 Å². The fraction of sp³-hybridized carbons (Fsp3) is 0. The van der Waals surface area contributed by atoms with E-state index >= 15 is 0 Å². The standard InChI is InChI=1S/C72H46N12O8/c85-81(86)57-25-1-45(2-26-57)41-73-53-17-9-49(10-18-53)69-61-33-35-63(77-61)70(50-11-19-54(20-12-50)74-42-46-3-27-58(28-4-46)82(87)88)65-37-39-67(79-65)72(52-15-23-56(24-16-52)76-44-48-7-31-60(32-8-48)84(91)92)68-40-38-66(80-68)71(64-36-34-62(69)78-64)51-13-21-55(22-14-51)75-43-47-5-29-59(30-6-47)83(89)90/h1-44,77,80H. The number of hydrogen-bond acceptors (Lipinski definition) is 14. The molecule has 0 fully saturated rings. The molecular formula is C72H46N12O8. The number of nitro groups is 4. The first kappa shape index (κ1) is 57.7. The lowest BCUT2D eigenvalue weighted by atomic mass is 10.0. The first-order valence-corrected chi connectivity index (χ1v) is 28.5. The average Bonchev–Trinajstić information content (AvgIpc) is 1.63. The number of aromatic nitrogens is 4. The molecular weight excluding hydrogens is 1160 g/mol. The topological polar surface area (TPSA) is 279 Å². The minimum atomic E-state index is -0.444. The van der Waals surface area contributed by atoms with Crippen LogP contribution in [0, 0.1) is 40.5 Å². The highest BCUT2D eigenvalue weighted by molar-refractivity contribution is 6.00. The molecule has 442 valence electrons. The molecule has 2 aliphatic rings. The highest BCUT2D eigenvalue weighted by Crippen LogP contribution is 2.40. The third-order valence-corrected chi connectivity index (χ3v) is 15.2. The van der Waals surface area contributed by atoms with E-state index in [1.165, 1.54) is 48.5 Å². The summed E-state index contributed by atoms with van der Waals surface area (Å²) in [7, 11) is 0. The van der Waals surface area contributed by atoms with Crippen LogP contribution in [0.3, 0.4) is 0 Å². The maximum Gasteiger partial charge on any atom is 0.269 e. The molecule has 0 amide bonds. The zero-order valence-electron chi connectivity index (χ0n) is 48.1. The van der Waals surface area contributed by atoms with Gasteiger partial charge < -0.3 is 9.97 Å². The summed E-state index contributed by atoms with van der Waals surface area (Å²) in [5.74, 6) is 0. The van der Waals surface area contributed by atoms with Gasteiger partial charge in [0, 0.05) is 118 Å². The van der Waals surface area contributed by atoms with Gasteiger partial charge in [-0.1, -0.05) is 48.5 Å². The van der Waals surface area contributed by atoms with E-state index < -0.39 is 19.7 Å². The van der Waals surface area contributed by atoms with Crippen molar-refractivity contribution in [1.82, 2.24) is 19.9 Å². The van der Waals surface area contributed by atoms with Crippen LogP contribution in [0.1, 0.15) is 45.0 Å². The molecule has 0 aliphatic carbocycles. The number of hydrogen-bond donors (Lipinski definition) is 2. The Balaban J connectivity index is 0.988. The highest BCUT2D eigenvalue weighted by atomic mass is 16.6. The number of rotatable bonds is 16. The van der Waals surface area contributed by atoms with Gasteiger partial charge in [0.1, 0.15) is 0 Å². The van der Waals surface area contributed by atoms with E-state index in [-0.39, 0.29) is 22.7 Å². The molecule has 0 spiro atoms. The van der Waals surface area contributed by atoms with E-state index in [0.717, 1.165) is 66.6 Å². The second-order valence-corrected chi connectivity index (χ2v) is 21.1. The van der Waals surface area contributed by atoms with Gasteiger partial charge in [-0.2, -0.15) is 0 Å². The number of aromatic amines is 2. The monoisotopic (exact) mass is 1210 g/mol. The van der Waals surface area contributed by atoms with Gasteiger partial charge in [0.25, 0.3) is 22.7 Å². The molecule has 13 rings (SSSR count). The van der Waals surface area contributed by atoms with Crippen LogP contribution >= 0.6 is 0 Å². The summed E-state index contributed by atoms with van der Waals surface area (Å²) in [6.07, 6.45) is 14.6. The van der Waals surface area contributed by atoms with Crippen molar-refractivity contribution in [2.45, 2.75) is 0 Å². The van der Waals surface area contributed by atoms with E-state index in [1.807, 2.05) is 146 Å². The molecule has 2 N–H and O–H groups in total. The van der Waals surface area contributed by atoms with E-state index in [1.54, 1.807) is 73.4 Å². The van der Waals surface area contributed by atoms with E-state index in [0.29, 0.717) is 67.8 Å². The van der Waals surface area contributed by atoms with Crippen LogP contribution in [0.15, 0.2) is 238 Å². The SMILES string of the molecule is O=[N+]([O-])c1ccc(C=Nc2ccc(-c3c4nc(c(-c5ccc(N=Cc6ccc([N+](=O)[O-])cc6)cc5)c5ccc([nH]5)c(-c5ccc(N=Cc6ccc([N+](=O)[O-])cc6)cc5)c5nc(c(-c6ccc(N=Cc7ccc([N+](=O)[O-])cc7)cc6)c6ccc3[nH]6)C=C5)C=C4)cc2)cc1. The molecule has 0 saturated heterocycles. The second kappa shape index (κ2) is 25.2. The summed E-state index contributed by atoms with van der Waals surface area (Å²) in [6, 6.07) is 63.7. The van der Waals surface area contributed by atoms with Gasteiger partial charge >= 0.3 is 0 Å². The molecule has 5 heterocycles. The Morgan fingerprint density at radius 3 is 0.652 bits per heavy atom. The molecule has 2 aliphatic heterocycles. The molecule has 92 heavy (non-hydrogen) atoms. The predicted octanol–water partition coefficient (Wildman–Crippen LogP) is 18.0. The Labute approximate surface area is 522 Å². The van der Waals surface area contributed by atoms with E-state index in [9.17, 15) is 40.5 Å². The molecule has 3 aromatic heterocycles. The summed E-state index contributed by atoms with van der Waals surface area (Å²) < 4.78 is 0. The molecule has 0 unspecified atom stereocenters. The van der Waals surface area contributed by atoms with Crippen LogP contribution in [0.5, 0.6) is 0 Å². The third kappa shape index (κ3) is 12.6. The number of aliphatic imine (C=N–C) groups is 4. The summed E-state index contributed by atoms with van der Waals surface area (Å²) in [5.41, 5.74) is 17.4. The molecule has 20 nitrogen and oxygen atoms in total. The largest absolute Gasteiger partial charge is 0.354 e. The molecule has 20 heteroatoms. The first-order chi connectivity index (χ1) is 44.8. The predicted molar refractivity (Wildman–Crippen MR) is 362 cm³/mol. The van der Waals surface area contributed by atoms with Crippen LogP contribution in [0.2, 0.25) is 0 Å². The van der Waals surface area contributed by atoms with Crippen LogP contribution in [0.25, 0.3) is 90.9 Å². The van der Waals surface area contributed by atoms with Crippen molar-refractivity contribution in [3.63, 3.8) is 0 Å². The number of H-pyrrole nitrogens is 2.